The van der Waals surface area contributed by atoms with Crippen LogP contribution in [0.15, 0.2) is 6.07 Å². The lowest BCUT2D eigenvalue weighted by Crippen LogP contribution is -2.25. The van der Waals surface area contributed by atoms with Gasteiger partial charge in [-0.2, -0.15) is 0 Å². The molecule has 0 aliphatic heterocycles. The second-order valence-electron chi connectivity index (χ2n) is 4.64. The van der Waals surface area contributed by atoms with Crippen molar-refractivity contribution >= 4 is 11.6 Å². The molecule has 0 bridgehead atoms. The van der Waals surface area contributed by atoms with Gasteiger partial charge in [0, 0.05) is 26.3 Å². The van der Waals surface area contributed by atoms with Crippen LogP contribution in [0, 0.1) is 5.92 Å². The predicted molar refractivity (Wildman–Crippen MR) is 74.8 cm³/mol. The number of nitrogens with zero attached hydrogens (tertiary/aromatic N) is 2. The number of nitrogens with one attached hydrogen (secondary N) is 2. The van der Waals surface area contributed by atoms with Crippen LogP contribution in [0.2, 0.25) is 0 Å². The van der Waals surface area contributed by atoms with Crippen molar-refractivity contribution < 1.29 is 4.74 Å². The number of hydrogen-bond acceptors (Lipinski definition) is 5. The average Bonchev–Trinajstić information content (AvgIpc) is 2.35. The molecule has 0 fully saturated rings. The maximum atomic E-state index is 5.08. The Balaban J connectivity index is 2.89. The maximum absolute atomic E-state index is 5.08. The van der Waals surface area contributed by atoms with Gasteiger partial charge in [0.15, 0.2) is 5.82 Å². The number of rotatable bonds is 7. The summed E-state index contributed by atoms with van der Waals surface area (Å²) < 4.78 is 5.08. The normalized spacial score (nSPS) is 12.6. The Labute approximate surface area is 109 Å². The Bertz CT molecular complexity index is 368. The zero-order chi connectivity index (χ0) is 13.5. The van der Waals surface area contributed by atoms with Gasteiger partial charge in [-0.25, -0.2) is 9.97 Å². The van der Waals surface area contributed by atoms with Crippen LogP contribution in [0.5, 0.6) is 0 Å². The van der Waals surface area contributed by atoms with E-state index in [0.29, 0.717) is 24.4 Å². The van der Waals surface area contributed by atoms with E-state index in [1.807, 2.05) is 13.1 Å². The summed E-state index contributed by atoms with van der Waals surface area (Å²) in [5.41, 5.74) is 0. The van der Waals surface area contributed by atoms with Crippen LogP contribution in [-0.4, -0.2) is 30.2 Å². The second kappa shape index (κ2) is 7.16. The lowest BCUT2D eigenvalue weighted by atomic mass is 10.0. The van der Waals surface area contributed by atoms with E-state index in [2.05, 4.69) is 41.4 Å². The second-order valence-corrected chi connectivity index (χ2v) is 4.64. The number of anilines is 2. The Morgan fingerprint density at radius 1 is 1.28 bits per heavy atom. The van der Waals surface area contributed by atoms with Gasteiger partial charge in [-0.05, 0) is 12.3 Å². The lowest BCUT2D eigenvalue weighted by molar-refractivity contribution is 0.178. The predicted octanol–water partition coefficient (Wildman–Crippen LogP) is 2.51. The molecule has 0 aromatic carbocycles. The van der Waals surface area contributed by atoms with Gasteiger partial charge in [-0.3, -0.25) is 0 Å². The summed E-state index contributed by atoms with van der Waals surface area (Å²) in [5.74, 6) is 2.90. The van der Waals surface area contributed by atoms with Crippen molar-refractivity contribution in [3.63, 3.8) is 0 Å². The van der Waals surface area contributed by atoms with E-state index in [1.54, 1.807) is 7.11 Å². The molecule has 1 aromatic rings. The van der Waals surface area contributed by atoms with E-state index in [0.717, 1.165) is 18.1 Å². The van der Waals surface area contributed by atoms with Gasteiger partial charge in [-0.1, -0.05) is 20.8 Å². The Morgan fingerprint density at radius 2 is 1.94 bits per heavy atom. The molecule has 1 rings (SSSR count). The molecule has 1 atom stereocenters. The van der Waals surface area contributed by atoms with Gasteiger partial charge in [0.2, 0.25) is 0 Å². The van der Waals surface area contributed by atoms with Crippen LogP contribution in [0.1, 0.15) is 33.0 Å². The van der Waals surface area contributed by atoms with Crippen LogP contribution < -0.4 is 10.6 Å². The zero-order valence-corrected chi connectivity index (χ0v) is 11.9. The fraction of sp³-hybridized carbons (Fsp3) is 0.692. The number of aromatic nitrogens is 2. The first-order chi connectivity index (χ1) is 8.60. The number of hydrogen-bond donors (Lipinski definition) is 2. The van der Waals surface area contributed by atoms with E-state index in [9.17, 15) is 0 Å². The molecule has 0 spiro atoms. The Hall–Kier alpha value is -1.36. The first kappa shape index (κ1) is 14.7. The Kier molecular flexibility index (Phi) is 5.85. The Morgan fingerprint density at radius 3 is 2.44 bits per heavy atom. The number of ether oxygens (including phenoxy) is 1. The summed E-state index contributed by atoms with van der Waals surface area (Å²) in [7, 11) is 3.49. The molecule has 1 aromatic heterocycles. The summed E-state index contributed by atoms with van der Waals surface area (Å²) in [6, 6.07) is 2.34. The van der Waals surface area contributed by atoms with Crippen molar-refractivity contribution in [2.45, 2.75) is 39.8 Å². The minimum Gasteiger partial charge on any atom is -0.377 e. The van der Waals surface area contributed by atoms with Crippen LogP contribution in [0.25, 0.3) is 0 Å². The topological polar surface area (TPSA) is 59.1 Å². The molecule has 102 valence electrons. The third-order valence-electron chi connectivity index (χ3n) is 2.88. The monoisotopic (exact) mass is 252 g/mol. The minimum absolute atomic E-state index is 0.417. The molecule has 0 saturated carbocycles. The van der Waals surface area contributed by atoms with Crippen LogP contribution in [-0.2, 0) is 11.3 Å². The molecular weight excluding hydrogens is 228 g/mol. The molecule has 0 aliphatic rings. The summed E-state index contributed by atoms with van der Waals surface area (Å²) in [5, 5.41) is 6.49. The molecule has 0 saturated heterocycles. The molecule has 5 heteroatoms. The molecule has 2 N–H and O–H groups in total. The highest BCUT2D eigenvalue weighted by Crippen LogP contribution is 2.16. The van der Waals surface area contributed by atoms with E-state index >= 15 is 0 Å². The van der Waals surface area contributed by atoms with Crippen molar-refractivity contribution in [1.29, 1.82) is 0 Å². The fourth-order valence-electron chi connectivity index (χ4n) is 1.82. The lowest BCUT2D eigenvalue weighted by Gasteiger charge is -2.21. The van der Waals surface area contributed by atoms with E-state index < -0.39 is 0 Å². The molecule has 1 unspecified atom stereocenters. The minimum atomic E-state index is 0.417. The van der Waals surface area contributed by atoms with Crippen molar-refractivity contribution in [2.24, 2.45) is 5.92 Å². The third-order valence-corrected chi connectivity index (χ3v) is 2.88. The molecule has 18 heavy (non-hydrogen) atoms. The van der Waals surface area contributed by atoms with Crippen LogP contribution in [0.4, 0.5) is 11.6 Å². The van der Waals surface area contributed by atoms with Crippen LogP contribution in [0.3, 0.4) is 0 Å². The quantitative estimate of drug-likeness (QED) is 0.781. The van der Waals surface area contributed by atoms with Gasteiger partial charge in [0.05, 0.1) is 0 Å². The largest absolute Gasteiger partial charge is 0.377 e. The molecule has 5 nitrogen and oxygen atoms in total. The van der Waals surface area contributed by atoms with Gasteiger partial charge in [0.25, 0.3) is 0 Å². The number of methoxy groups -OCH3 is 1. The van der Waals surface area contributed by atoms with Gasteiger partial charge in [-0.15, -0.1) is 0 Å². The summed E-state index contributed by atoms with van der Waals surface area (Å²) in [4.78, 5) is 8.79. The van der Waals surface area contributed by atoms with Crippen molar-refractivity contribution in [1.82, 2.24) is 9.97 Å². The molecule has 0 radical (unpaired) electrons. The molecule has 0 aliphatic carbocycles. The third kappa shape index (κ3) is 4.14. The van der Waals surface area contributed by atoms with Crippen molar-refractivity contribution in [3.05, 3.63) is 11.9 Å². The van der Waals surface area contributed by atoms with E-state index in [4.69, 9.17) is 4.74 Å². The highest BCUT2D eigenvalue weighted by atomic mass is 16.5. The van der Waals surface area contributed by atoms with Crippen LogP contribution >= 0.6 is 0 Å². The van der Waals surface area contributed by atoms with Crippen molar-refractivity contribution in [2.75, 3.05) is 24.8 Å². The maximum Gasteiger partial charge on any atom is 0.158 e. The summed E-state index contributed by atoms with van der Waals surface area (Å²) in [6.07, 6.45) is 1.07. The zero-order valence-electron chi connectivity index (χ0n) is 11.9. The highest BCUT2D eigenvalue weighted by molar-refractivity contribution is 5.47. The summed E-state index contributed by atoms with van der Waals surface area (Å²) >= 11 is 0. The molecular formula is C13H24N4O. The average molecular weight is 252 g/mol. The van der Waals surface area contributed by atoms with E-state index in [-0.39, 0.29) is 0 Å². The molecule has 1 heterocycles. The SMILES string of the molecule is CCC(Nc1cc(NC)nc(COC)n1)C(C)C. The fourth-order valence-corrected chi connectivity index (χ4v) is 1.82. The summed E-state index contributed by atoms with van der Waals surface area (Å²) in [6.45, 7) is 7.01. The smallest absolute Gasteiger partial charge is 0.158 e. The highest BCUT2D eigenvalue weighted by Gasteiger charge is 2.12. The first-order valence-electron chi connectivity index (χ1n) is 6.41. The van der Waals surface area contributed by atoms with Crippen molar-refractivity contribution in [3.8, 4) is 0 Å². The van der Waals surface area contributed by atoms with E-state index in [1.165, 1.54) is 0 Å². The standard InChI is InChI=1S/C13H24N4O/c1-6-10(9(2)3)15-12-7-11(14-4)16-13(17-12)8-18-5/h7,9-10H,6,8H2,1-5H3,(H2,14,15,16,17). The first-order valence-corrected chi connectivity index (χ1v) is 6.41. The van der Waals surface area contributed by atoms with Gasteiger partial charge in [0.1, 0.15) is 18.2 Å². The molecule has 0 amide bonds. The van der Waals surface area contributed by atoms with Gasteiger partial charge < -0.3 is 15.4 Å². The van der Waals surface area contributed by atoms with Gasteiger partial charge >= 0.3 is 0 Å².